The van der Waals surface area contributed by atoms with Gasteiger partial charge in [0, 0.05) is 17.0 Å². The Morgan fingerprint density at radius 1 is 1.00 bits per heavy atom. The van der Waals surface area contributed by atoms with E-state index < -0.39 is 0 Å². The highest BCUT2D eigenvalue weighted by atomic mass is 127. The van der Waals surface area contributed by atoms with Gasteiger partial charge < -0.3 is 19.5 Å². The molecule has 1 aliphatic rings. The van der Waals surface area contributed by atoms with Crippen LogP contribution in [0.3, 0.4) is 0 Å². The number of unbranched alkanes of at least 4 members (excludes halogenated alkanes) is 3. The number of ether oxygens (including phenoxy) is 3. The lowest BCUT2D eigenvalue weighted by Crippen LogP contribution is -2.07. The van der Waals surface area contributed by atoms with E-state index in [9.17, 15) is 0 Å². The second-order valence-electron chi connectivity index (χ2n) is 7.01. The molecule has 158 valence electrons. The maximum absolute atomic E-state index is 6.21. The van der Waals surface area contributed by atoms with Gasteiger partial charge in [-0.3, -0.25) is 0 Å². The molecule has 2 aromatic carbocycles. The maximum Gasteiger partial charge on any atom is 0.318 e. The van der Waals surface area contributed by atoms with Gasteiger partial charge in [-0.05, 0) is 53.2 Å². The van der Waals surface area contributed by atoms with Crippen LogP contribution in [-0.4, -0.2) is 27.8 Å². The van der Waals surface area contributed by atoms with Crippen molar-refractivity contribution in [2.24, 2.45) is 0 Å². The zero-order valence-electron chi connectivity index (χ0n) is 16.5. The van der Waals surface area contributed by atoms with Crippen molar-refractivity contribution in [3.63, 3.8) is 0 Å². The Labute approximate surface area is 194 Å². The van der Waals surface area contributed by atoms with Crippen LogP contribution in [0.5, 0.6) is 17.5 Å². The van der Waals surface area contributed by atoms with E-state index in [4.69, 9.17) is 25.8 Å². The molecule has 30 heavy (non-hydrogen) atoms. The van der Waals surface area contributed by atoms with Gasteiger partial charge in [-0.1, -0.05) is 53.1 Å². The van der Waals surface area contributed by atoms with Crippen LogP contribution in [0.15, 0.2) is 36.4 Å². The van der Waals surface area contributed by atoms with Gasteiger partial charge in [0.05, 0.1) is 12.1 Å². The summed E-state index contributed by atoms with van der Waals surface area (Å²) in [5.74, 6) is 2.23. The molecule has 4 rings (SSSR count). The Morgan fingerprint density at radius 3 is 2.77 bits per heavy atom. The fourth-order valence-electron chi connectivity index (χ4n) is 3.23. The summed E-state index contributed by atoms with van der Waals surface area (Å²) >= 11 is 8.62. The van der Waals surface area contributed by atoms with Crippen LogP contribution in [0, 0.1) is 0 Å². The predicted octanol–water partition coefficient (Wildman–Crippen LogP) is 6.00. The van der Waals surface area contributed by atoms with Crippen LogP contribution < -0.4 is 19.5 Å². The van der Waals surface area contributed by atoms with Crippen molar-refractivity contribution in [2.45, 2.75) is 32.2 Å². The average Bonchev–Trinajstić information content (AvgIpc) is 3.22. The van der Waals surface area contributed by atoms with Crippen LogP contribution >= 0.6 is 34.2 Å². The third-order valence-electron chi connectivity index (χ3n) is 4.79. The molecule has 1 N–H and O–H groups in total. The molecule has 0 saturated heterocycles. The smallest absolute Gasteiger partial charge is 0.318 e. The number of rotatable bonds is 10. The molecular weight excluding hydrogens is 517 g/mol. The Bertz CT molecular complexity index is 1020. The predicted molar refractivity (Wildman–Crippen MR) is 127 cm³/mol. The highest BCUT2D eigenvalue weighted by molar-refractivity contribution is 14.1. The molecule has 0 saturated carbocycles. The third-order valence-corrected chi connectivity index (χ3v) is 5.79. The van der Waals surface area contributed by atoms with Crippen LogP contribution in [0.4, 0.5) is 5.82 Å². The molecule has 0 amide bonds. The summed E-state index contributed by atoms with van der Waals surface area (Å²) < 4.78 is 17.9. The summed E-state index contributed by atoms with van der Waals surface area (Å²) in [6.07, 6.45) is 4.63. The number of anilines is 1. The fraction of sp³-hybridized carbons (Fsp3) is 0.364. The second-order valence-corrected chi connectivity index (χ2v) is 8.52. The minimum atomic E-state index is 0.264. The summed E-state index contributed by atoms with van der Waals surface area (Å²) in [5.41, 5.74) is 1.85. The standard InChI is InChI=1S/C22H23ClIN3O3/c23-16-6-7-18-17(12-16)21(27-22(26-18)28-10-4-2-1-3-9-24)25-13-15-5-8-19-20(11-15)30-14-29-19/h5-8,11-12H,1-4,9-10,13-14H2,(H,25,26,27). The van der Waals surface area contributed by atoms with Crippen molar-refractivity contribution in [1.29, 1.82) is 0 Å². The van der Waals surface area contributed by atoms with Crippen molar-refractivity contribution >= 4 is 50.9 Å². The van der Waals surface area contributed by atoms with Crippen LogP contribution in [0.25, 0.3) is 10.9 Å². The van der Waals surface area contributed by atoms with Crippen molar-refractivity contribution in [3.8, 4) is 17.5 Å². The molecule has 0 fully saturated rings. The largest absolute Gasteiger partial charge is 0.463 e. The van der Waals surface area contributed by atoms with E-state index in [-0.39, 0.29) is 6.79 Å². The summed E-state index contributed by atoms with van der Waals surface area (Å²) in [7, 11) is 0. The molecule has 0 aliphatic carbocycles. The molecule has 8 heteroatoms. The fourth-order valence-corrected chi connectivity index (χ4v) is 3.94. The molecule has 1 aromatic heterocycles. The van der Waals surface area contributed by atoms with E-state index in [1.165, 1.54) is 17.3 Å². The van der Waals surface area contributed by atoms with E-state index in [0.29, 0.717) is 30.0 Å². The summed E-state index contributed by atoms with van der Waals surface area (Å²) in [4.78, 5) is 9.15. The van der Waals surface area contributed by atoms with E-state index in [0.717, 1.165) is 40.8 Å². The van der Waals surface area contributed by atoms with Gasteiger partial charge >= 0.3 is 6.01 Å². The first-order chi connectivity index (χ1) is 14.7. The Kier molecular flexibility index (Phi) is 7.33. The van der Waals surface area contributed by atoms with Gasteiger partial charge in [-0.2, -0.15) is 9.97 Å². The lowest BCUT2D eigenvalue weighted by molar-refractivity contribution is 0.174. The highest BCUT2D eigenvalue weighted by Crippen LogP contribution is 2.33. The lowest BCUT2D eigenvalue weighted by atomic mass is 10.2. The Hall–Kier alpha value is -2.00. The minimum absolute atomic E-state index is 0.264. The number of hydrogen-bond acceptors (Lipinski definition) is 6. The van der Waals surface area contributed by atoms with Gasteiger partial charge in [-0.25, -0.2) is 0 Å². The van der Waals surface area contributed by atoms with Crippen molar-refractivity contribution in [1.82, 2.24) is 9.97 Å². The lowest BCUT2D eigenvalue weighted by Gasteiger charge is -2.12. The molecule has 6 nitrogen and oxygen atoms in total. The molecule has 3 aromatic rings. The quantitative estimate of drug-likeness (QED) is 0.194. The topological polar surface area (TPSA) is 65.5 Å². The Morgan fingerprint density at radius 2 is 1.87 bits per heavy atom. The van der Waals surface area contributed by atoms with E-state index in [1.54, 1.807) is 0 Å². The van der Waals surface area contributed by atoms with Gasteiger partial charge in [0.1, 0.15) is 5.82 Å². The van der Waals surface area contributed by atoms with E-state index in [1.807, 2.05) is 36.4 Å². The number of halogens is 2. The zero-order valence-corrected chi connectivity index (χ0v) is 19.4. The number of nitrogens with one attached hydrogen (secondary N) is 1. The third kappa shape index (κ3) is 5.37. The molecule has 0 bridgehead atoms. The molecule has 1 aliphatic heterocycles. The van der Waals surface area contributed by atoms with Crippen LogP contribution in [-0.2, 0) is 6.54 Å². The van der Waals surface area contributed by atoms with Crippen molar-refractivity contribution in [3.05, 3.63) is 47.0 Å². The number of hydrogen-bond donors (Lipinski definition) is 1. The summed E-state index contributed by atoms with van der Waals surface area (Å²) in [5, 5.41) is 4.89. The molecule has 0 spiro atoms. The Balaban J connectivity index is 1.47. The van der Waals surface area contributed by atoms with E-state index in [2.05, 4.69) is 37.9 Å². The van der Waals surface area contributed by atoms with Crippen LogP contribution in [0.1, 0.15) is 31.2 Å². The first-order valence-electron chi connectivity index (χ1n) is 10.0. The van der Waals surface area contributed by atoms with Gasteiger partial charge in [-0.15, -0.1) is 0 Å². The number of aromatic nitrogens is 2. The van der Waals surface area contributed by atoms with Gasteiger partial charge in [0.2, 0.25) is 6.79 Å². The number of nitrogens with zero attached hydrogens (tertiary/aromatic N) is 2. The molecule has 2 heterocycles. The average molecular weight is 540 g/mol. The van der Waals surface area contributed by atoms with Crippen LogP contribution in [0.2, 0.25) is 5.02 Å². The number of alkyl halides is 1. The normalized spacial score (nSPS) is 12.3. The molecule has 0 radical (unpaired) electrons. The molecule has 0 atom stereocenters. The summed E-state index contributed by atoms with van der Waals surface area (Å²) in [6, 6.07) is 11.9. The van der Waals surface area contributed by atoms with Crippen molar-refractivity contribution in [2.75, 3.05) is 23.1 Å². The monoisotopic (exact) mass is 539 g/mol. The summed E-state index contributed by atoms with van der Waals surface area (Å²) in [6.45, 7) is 1.45. The van der Waals surface area contributed by atoms with E-state index >= 15 is 0 Å². The van der Waals surface area contributed by atoms with Gasteiger partial charge in [0.25, 0.3) is 0 Å². The number of benzene rings is 2. The number of fused-ring (bicyclic) bond motifs is 2. The minimum Gasteiger partial charge on any atom is -0.463 e. The zero-order chi connectivity index (χ0) is 20.8. The van der Waals surface area contributed by atoms with Gasteiger partial charge in [0.15, 0.2) is 11.5 Å². The highest BCUT2D eigenvalue weighted by Gasteiger charge is 2.14. The SMILES string of the molecule is Clc1ccc2nc(OCCCCCCI)nc(NCc3ccc4c(c3)OCO4)c2c1. The molecule has 0 unspecified atom stereocenters. The van der Waals surface area contributed by atoms with Crippen molar-refractivity contribution < 1.29 is 14.2 Å². The second kappa shape index (κ2) is 10.3. The first-order valence-corrected chi connectivity index (χ1v) is 11.9. The maximum atomic E-state index is 6.21. The first kappa shape index (κ1) is 21.2. The molecular formula is C22H23ClIN3O3.